The molecule has 10 heteroatoms. The number of benzene rings is 1. The van der Waals surface area contributed by atoms with Crippen molar-refractivity contribution in [1.82, 2.24) is 4.98 Å². The van der Waals surface area contributed by atoms with E-state index in [4.69, 9.17) is 28.8 Å². The largest absolute Gasteiger partial charge is 0.404 e. The average molecular weight is 515 g/mol. The lowest BCUT2D eigenvalue weighted by Crippen LogP contribution is -2.23. The number of nitrogens with one attached hydrogen (secondary N) is 1. The molecule has 0 saturated carbocycles. The van der Waals surface area contributed by atoms with Gasteiger partial charge in [-0.15, -0.1) is 0 Å². The van der Waals surface area contributed by atoms with Gasteiger partial charge >= 0.3 is 0 Å². The number of rotatable bonds is 6. The van der Waals surface area contributed by atoms with Crippen LogP contribution in [-0.2, 0) is 0 Å². The third-order valence-corrected chi connectivity index (χ3v) is 5.73. The Labute approximate surface area is 191 Å². The van der Waals surface area contributed by atoms with Crippen LogP contribution in [0.4, 0.5) is 14.5 Å². The highest BCUT2D eigenvalue weighted by atomic mass is 79.9. The van der Waals surface area contributed by atoms with Gasteiger partial charge in [0.1, 0.15) is 11.0 Å². The fourth-order valence-corrected chi connectivity index (χ4v) is 3.43. The number of anilines is 1. The van der Waals surface area contributed by atoms with E-state index < -0.39 is 11.6 Å². The molecular weight excluding hydrogens is 496 g/mol. The van der Waals surface area contributed by atoms with E-state index in [2.05, 4.69) is 37.5 Å². The Morgan fingerprint density at radius 1 is 1.43 bits per heavy atom. The van der Waals surface area contributed by atoms with E-state index in [1.807, 2.05) is 0 Å². The maximum atomic E-state index is 14.8. The summed E-state index contributed by atoms with van der Waals surface area (Å²) in [6.07, 6.45) is 4.35. The maximum Gasteiger partial charge on any atom is 0.165 e. The van der Waals surface area contributed by atoms with E-state index in [-0.39, 0.29) is 23.8 Å². The van der Waals surface area contributed by atoms with Crippen LogP contribution in [0.25, 0.3) is 0 Å². The number of nitrogens with zero attached hydrogens (tertiary/aromatic N) is 1. The SMILES string of the molecule is CC(N)/C(=C\C(C#Cc1c(F)ccc(NSc2cnc(Cl)c(Br)c2)c1F)=C/N)CN. The van der Waals surface area contributed by atoms with Crippen molar-refractivity contribution in [2.75, 3.05) is 11.3 Å². The first-order chi connectivity index (χ1) is 14.3. The quantitative estimate of drug-likeness (QED) is 0.198. The van der Waals surface area contributed by atoms with Crippen LogP contribution in [0.5, 0.6) is 0 Å². The van der Waals surface area contributed by atoms with Crippen LogP contribution in [0.15, 0.2) is 57.2 Å². The summed E-state index contributed by atoms with van der Waals surface area (Å²) in [6.45, 7) is 1.98. The summed E-state index contributed by atoms with van der Waals surface area (Å²) >= 11 is 10.2. The number of allylic oxidation sites excluding steroid dienone is 2. The van der Waals surface area contributed by atoms with E-state index in [1.54, 1.807) is 19.1 Å². The normalized spacial score (nSPS) is 12.9. The highest BCUT2D eigenvalue weighted by Crippen LogP contribution is 2.29. The zero-order valence-electron chi connectivity index (χ0n) is 15.8. The first-order valence-corrected chi connectivity index (χ1v) is 10.6. The number of nitrogens with two attached hydrogens (primary N) is 3. The lowest BCUT2D eigenvalue weighted by molar-refractivity contribution is 0.580. The Morgan fingerprint density at radius 2 is 2.17 bits per heavy atom. The molecule has 30 heavy (non-hydrogen) atoms. The Morgan fingerprint density at radius 3 is 2.77 bits per heavy atom. The molecular formula is C20H19BrClF2N5S. The summed E-state index contributed by atoms with van der Waals surface area (Å²) in [7, 11) is 0. The van der Waals surface area contributed by atoms with Crippen molar-refractivity contribution in [2.45, 2.75) is 17.9 Å². The van der Waals surface area contributed by atoms with Crippen molar-refractivity contribution < 1.29 is 8.78 Å². The van der Waals surface area contributed by atoms with Crippen LogP contribution < -0.4 is 21.9 Å². The highest BCUT2D eigenvalue weighted by molar-refractivity contribution is 9.10. The topological polar surface area (TPSA) is 103 Å². The molecule has 2 rings (SSSR count). The van der Waals surface area contributed by atoms with Crippen LogP contribution in [0, 0.1) is 23.5 Å². The minimum Gasteiger partial charge on any atom is -0.404 e. The molecule has 0 saturated heterocycles. The molecule has 1 unspecified atom stereocenters. The summed E-state index contributed by atoms with van der Waals surface area (Å²) < 4.78 is 32.4. The molecule has 0 radical (unpaired) electrons. The van der Waals surface area contributed by atoms with Gasteiger partial charge in [-0.05, 0) is 64.6 Å². The van der Waals surface area contributed by atoms with E-state index in [0.717, 1.165) is 18.0 Å². The Bertz CT molecular complexity index is 1050. The van der Waals surface area contributed by atoms with Crippen molar-refractivity contribution in [3.63, 3.8) is 0 Å². The summed E-state index contributed by atoms with van der Waals surface area (Å²) in [6, 6.07) is 3.82. The number of halogens is 4. The first-order valence-electron chi connectivity index (χ1n) is 8.58. The van der Waals surface area contributed by atoms with Crippen molar-refractivity contribution in [1.29, 1.82) is 0 Å². The molecule has 2 aromatic rings. The van der Waals surface area contributed by atoms with Gasteiger partial charge in [0, 0.05) is 35.5 Å². The molecule has 0 aliphatic heterocycles. The van der Waals surface area contributed by atoms with E-state index >= 15 is 0 Å². The smallest absolute Gasteiger partial charge is 0.165 e. The lowest BCUT2D eigenvalue weighted by atomic mass is 10.1. The Hall–Kier alpha value is -2.09. The van der Waals surface area contributed by atoms with Gasteiger partial charge in [-0.3, -0.25) is 0 Å². The molecule has 1 heterocycles. The number of hydrogen-bond donors (Lipinski definition) is 4. The van der Waals surface area contributed by atoms with Gasteiger partial charge in [0.05, 0.1) is 15.7 Å². The third kappa shape index (κ3) is 6.45. The fraction of sp³-hybridized carbons (Fsp3) is 0.150. The molecule has 0 amide bonds. The minimum atomic E-state index is -0.831. The van der Waals surface area contributed by atoms with E-state index in [0.29, 0.717) is 25.7 Å². The highest BCUT2D eigenvalue weighted by Gasteiger charge is 2.13. The van der Waals surface area contributed by atoms with Crippen molar-refractivity contribution in [2.24, 2.45) is 17.2 Å². The second-order valence-electron chi connectivity index (χ2n) is 6.02. The van der Waals surface area contributed by atoms with Gasteiger partial charge in [-0.1, -0.05) is 23.4 Å². The summed E-state index contributed by atoms with van der Waals surface area (Å²) in [5, 5.41) is 0.310. The summed E-state index contributed by atoms with van der Waals surface area (Å²) in [5.41, 5.74) is 17.7. The van der Waals surface area contributed by atoms with Gasteiger partial charge in [0.25, 0.3) is 0 Å². The monoisotopic (exact) mass is 513 g/mol. The first kappa shape index (κ1) is 24.2. The number of pyridine rings is 1. The predicted octanol–water partition coefficient (Wildman–Crippen LogP) is 4.32. The molecule has 0 aliphatic rings. The number of hydrogen-bond acceptors (Lipinski definition) is 6. The third-order valence-electron chi connectivity index (χ3n) is 3.81. The predicted molar refractivity (Wildman–Crippen MR) is 123 cm³/mol. The average Bonchev–Trinajstić information content (AvgIpc) is 2.71. The van der Waals surface area contributed by atoms with Gasteiger partial charge < -0.3 is 21.9 Å². The maximum absolute atomic E-state index is 14.8. The molecule has 0 bridgehead atoms. The van der Waals surface area contributed by atoms with E-state index in [9.17, 15) is 8.78 Å². The molecule has 1 aromatic carbocycles. The van der Waals surface area contributed by atoms with E-state index in [1.165, 1.54) is 18.5 Å². The van der Waals surface area contributed by atoms with Crippen molar-refractivity contribution >= 4 is 45.2 Å². The van der Waals surface area contributed by atoms with Gasteiger partial charge in [-0.25, -0.2) is 13.8 Å². The second-order valence-corrected chi connectivity index (χ2v) is 8.11. The van der Waals surface area contributed by atoms with Gasteiger partial charge in [-0.2, -0.15) is 0 Å². The minimum absolute atomic E-state index is 0.0591. The van der Waals surface area contributed by atoms with Gasteiger partial charge in [0.2, 0.25) is 0 Å². The van der Waals surface area contributed by atoms with Crippen LogP contribution in [0.3, 0.4) is 0 Å². The Kier molecular flexibility index (Phi) is 9.14. The van der Waals surface area contributed by atoms with Gasteiger partial charge in [0.15, 0.2) is 5.82 Å². The van der Waals surface area contributed by atoms with Crippen LogP contribution >= 0.6 is 39.5 Å². The molecule has 0 aliphatic carbocycles. The van der Waals surface area contributed by atoms with Crippen LogP contribution in [0.2, 0.25) is 5.15 Å². The zero-order valence-corrected chi connectivity index (χ0v) is 19.0. The van der Waals surface area contributed by atoms with Crippen LogP contribution in [-0.4, -0.2) is 17.6 Å². The van der Waals surface area contributed by atoms with Crippen LogP contribution in [0.1, 0.15) is 12.5 Å². The summed E-state index contributed by atoms with van der Waals surface area (Å²) in [5.74, 6) is 3.53. The zero-order chi connectivity index (χ0) is 22.3. The molecule has 0 fully saturated rings. The fourth-order valence-electron chi connectivity index (χ4n) is 2.16. The molecule has 158 valence electrons. The molecule has 1 aromatic heterocycles. The van der Waals surface area contributed by atoms with Crippen molar-refractivity contribution in [3.05, 3.63) is 74.6 Å². The molecule has 7 N–H and O–H groups in total. The Balaban J connectivity index is 2.28. The number of aromatic nitrogens is 1. The second kappa shape index (κ2) is 11.3. The molecule has 5 nitrogen and oxygen atoms in total. The van der Waals surface area contributed by atoms with Crippen molar-refractivity contribution in [3.8, 4) is 11.8 Å². The summed E-state index contributed by atoms with van der Waals surface area (Å²) in [4.78, 5) is 4.66. The lowest BCUT2D eigenvalue weighted by Gasteiger charge is -2.09. The molecule has 0 spiro atoms. The standard InChI is InChI=1S/C20H19BrClF2N5S/c1-11(27)13(9-26)6-12(8-25)2-3-15-17(23)4-5-18(19(15)24)29-30-14-7-16(21)20(22)28-10-14/h4-8,10-11,29H,9,25-27H2,1H3/b12-8-,13-6-. The molecule has 1 atom stereocenters.